The third-order valence-corrected chi connectivity index (χ3v) is 5.47. The van der Waals surface area contributed by atoms with E-state index in [0.717, 1.165) is 11.1 Å². The van der Waals surface area contributed by atoms with Crippen molar-refractivity contribution in [1.82, 2.24) is 4.98 Å². The lowest BCUT2D eigenvalue weighted by Gasteiger charge is -2.15. The third kappa shape index (κ3) is 2.74. The van der Waals surface area contributed by atoms with Gasteiger partial charge in [0.1, 0.15) is 5.52 Å². The van der Waals surface area contributed by atoms with Crippen molar-refractivity contribution in [2.75, 3.05) is 4.90 Å². The molecule has 142 valence electrons. The molecule has 1 aliphatic rings. The lowest BCUT2D eigenvalue weighted by atomic mass is 10.1. The van der Waals surface area contributed by atoms with Crippen LogP contribution in [0, 0.1) is 13.8 Å². The van der Waals surface area contributed by atoms with E-state index in [4.69, 9.17) is 16.0 Å². The number of fused-ring (bicyclic) bond motifs is 2. The average molecular weight is 403 g/mol. The highest BCUT2D eigenvalue weighted by atomic mass is 35.5. The number of halogens is 1. The van der Waals surface area contributed by atoms with Crippen molar-refractivity contribution in [3.63, 3.8) is 0 Å². The van der Waals surface area contributed by atoms with Crippen LogP contribution in [-0.4, -0.2) is 16.8 Å². The molecule has 0 unspecified atom stereocenters. The van der Waals surface area contributed by atoms with Gasteiger partial charge in [-0.1, -0.05) is 17.7 Å². The number of aromatic nitrogens is 1. The Morgan fingerprint density at radius 3 is 2.45 bits per heavy atom. The summed E-state index contributed by atoms with van der Waals surface area (Å²) in [5, 5.41) is 0.566. The Morgan fingerprint density at radius 2 is 1.66 bits per heavy atom. The molecule has 0 fully saturated rings. The number of oxazole rings is 1. The molecule has 0 bridgehead atoms. The molecular weight excluding hydrogens is 388 g/mol. The number of aryl methyl sites for hydroxylation is 2. The van der Waals surface area contributed by atoms with E-state index in [9.17, 15) is 9.59 Å². The molecule has 4 aromatic rings. The predicted octanol–water partition coefficient (Wildman–Crippen LogP) is 5.57. The average Bonchev–Trinajstić information content (AvgIpc) is 3.23. The molecule has 2 amide bonds. The lowest BCUT2D eigenvalue weighted by molar-refractivity contribution is 0.0926. The largest absolute Gasteiger partial charge is 0.436 e. The molecular formula is C23H15ClN2O3. The fourth-order valence-electron chi connectivity index (χ4n) is 3.50. The van der Waals surface area contributed by atoms with E-state index in [1.54, 1.807) is 42.5 Å². The summed E-state index contributed by atoms with van der Waals surface area (Å²) in [5.74, 6) is -0.312. The third-order valence-electron chi connectivity index (χ3n) is 5.23. The summed E-state index contributed by atoms with van der Waals surface area (Å²) in [6, 6.07) is 15.8. The van der Waals surface area contributed by atoms with Crippen molar-refractivity contribution in [2.24, 2.45) is 0 Å². The number of carbonyl (C=O) groups excluding carboxylic acids is 2. The number of anilines is 1. The first-order valence-corrected chi connectivity index (χ1v) is 9.47. The van der Waals surface area contributed by atoms with Gasteiger partial charge in [-0.05, 0) is 73.5 Å². The lowest BCUT2D eigenvalue weighted by Crippen LogP contribution is -2.29. The first-order valence-electron chi connectivity index (χ1n) is 9.09. The van der Waals surface area contributed by atoms with Crippen LogP contribution in [0.1, 0.15) is 31.8 Å². The van der Waals surface area contributed by atoms with Gasteiger partial charge in [0, 0.05) is 10.6 Å². The number of amides is 2. The Hall–Kier alpha value is -3.44. The van der Waals surface area contributed by atoms with Crippen LogP contribution < -0.4 is 4.90 Å². The zero-order chi connectivity index (χ0) is 20.3. The first-order chi connectivity index (χ1) is 13.9. The van der Waals surface area contributed by atoms with E-state index in [-0.39, 0.29) is 11.8 Å². The molecule has 29 heavy (non-hydrogen) atoms. The monoisotopic (exact) mass is 402 g/mol. The molecule has 0 aliphatic carbocycles. The van der Waals surface area contributed by atoms with E-state index < -0.39 is 0 Å². The Bertz CT molecular complexity index is 1340. The smallest absolute Gasteiger partial charge is 0.266 e. The number of benzene rings is 3. The molecule has 0 saturated heterocycles. The van der Waals surface area contributed by atoms with Crippen molar-refractivity contribution < 1.29 is 14.0 Å². The fourth-order valence-corrected chi connectivity index (χ4v) is 3.66. The molecule has 0 spiro atoms. The molecule has 0 radical (unpaired) electrons. The quantitative estimate of drug-likeness (QED) is 0.411. The van der Waals surface area contributed by atoms with Crippen LogP contribution in [0.5, 0.6) is 0 Å². The highest BCUT2D eigenvalue weighted by Gasteiger charge is 2.37. The summed E-state index contributed by atoms with van der Waals surface area (Å²) < 4.78 is 5.79. The maximum Gasteiger partial charge on any atom is 0.266 e. The van der Waals surface area contributed by atoms with E-state index in [1.165, 1.54) is 4.90 Å². The minimum Gasteiger partial charge on any atom is -0.436 e. The number of nitrogens with zero attached hydrogens (tertiary/aromatic N) is 2. The van der Waals surface area contributed by atoms with Gasteiger partial charge in [-0.15, -0.1) is 0 Å². The molecule has 5 nitrogen and oxygen atoms in total. The van der Waals surface area contributed by atoms with E-state index in [0.29, 0.717) is 44.4 Å². The Balaban J connectivity index is 1.57. The maximum atomic E-state index is 13.0. The summed E-state index contributed by atoms with van der Waals surface area (Å²) in [6.45, 7) is 3.94. The minimum atomic E-state index is -0.353. The Morgan fingerprint density at radius 1 is 0.862 bits per heavy atom. The van der Waals surface area contributed by atoms with Gasteiger partial charge in [0.25, 0.3) is 11.8 Å². The normalized spacial score (nSPS) is 13.4. The number of rotatable bonds is 2. The second-order valence-electron chi connectivity index (χ2n) is 7.11. The highest BCUT2D eigenvalue weighted by Crippen LogP contribution is 2.33. The van der Waals surface area contributed by atoms with Gasteiger partial charge < -0.3 is 4.42 Å². The zero-order valence-electron chi connectivity index (χ0n) is 15.7. The molecule has 1 aromatic heterocycles. The number of carbonyl (C=O) groups is 2. The van der Waals surface area contributed by atoms with Gasteiger partial charge in [0.05, 0.1) is 16.8 Å². The van der Waals surface area contributed by atoms with E-state index in [2.05, 4.69) is 4.98 Å². The van der Waals surface area contributed by atoms with Crippen LogP contribution in [0.15, 0.2) is 59.0 Å². The number of imide groups is 1. The van der Waals surface area contributed by atoms with Gasteiger partial charge in [-0.25, -0.2) is 9.88 Å². The van der Waals surface area contributed by atoms with Crippen LogP contribution in [-0.2, 0) is 0 Å². The highest BCUT2D eigenvalue weighted by molar-refractivity contribution is 6.34. The van der Waals surface area contributed by atoms with Gasteiger partial charge in [-0.2, -0.15) is 0 Å². The molecule has 2 heterocycles. The molecule has 1 aliphatic heterocycles. The fraction of sp³-hybridized carbons (Fsp3) is 0.0870. The summed E-state index contributed by atoms with van der Waals surface area (Å²) in [6.07, 6.45) is 0. The standard InChI is InChI=1S/C23H15ClN2O3/c1-12-3-6-16(9-13(12)2)26-22(27)17-7-4-14(10-18(17)23(26)28)21-25-19-11-15(24)5-8-20(19)29-21/h3-11H,1-2H3. The van der Waals surface area contributed by atoms with Crippen molar-refractivity contribution in [3.05, 3.63) is 81.9 Å². The second-order valence-corrected chi connectivity index (χ2v) is 7.54. The van der Waals surface area contributed by atoms with E-state index >= 15 is 0 Å². The van der Waals surface area contributed by atoms with Crippen LogP contribution in [0.3, 0.4) is 0 Å². The summed E-state index contributed by atoms with van der Waals surface area (Å²) >= 11 is 6.01. The first kappa shape index (κ1) is 17.6. The molecule has 0 atom stereocenters. The van der Waals surface area contributed by atoms with Crippen molar-refractivity contribution in [3.8, 4) is 11.5 Å². The summed E-state index contributed by atoms with van der Waals surface area (Å²) in [4.78, 5) is 31.6. The second kappa shape index (κ2) is 6.29. The molecule has 5 rings (SSSR count). The van der Waals surface area contributed by atoms with Crippen molar-refractivity contribution >= 4 is 40.2 Å². The van der Waals surface area contributed by atoms with Gasteiger partial charge in [0.2, 0.25) is 5.89 Å². The van der Waals surface area contributed by atoms with Gasteiger partial charge >= 0.3 is 0 Å². The summed E-state index contributed by atoms with van der Waals surface area (Å²) in [7, 11) is 0. The Kier molecular flexibility index (Phi) is 3.83. The van der Waals surface area contributed by atoms with Crippen LogP contribution in [0.25, 0.3) is 22.6 Å². The van der Waals surface area contributed by atoms with Crippen molar-refractivity contribution in [1.29, 1.82) is 0 Å². The topological polar surface area (TPSA) is 63.4 Å². The van der Waals surface area contributed by atoms with Crippen molar-refractivity contribution in [2.45, 2.75) is 13.8 Å². The maximum absolute atomic E-state index is 13.0. The van der Waals surface area contributed by atoms with E-state index in [1.807, 2.05) is 26.0 Å². The summed E-state index contributed by atoms with van der Waals surface area (Å²) in [5.41, 5.74) is 5.25. The molecule has 3 aromatic carbocycles. The zero-order valence-corrected chi connectivity index (χ0v) is 16.4. The minimum absolute atomic E-state index is 0.329. The number of hydrogen-bond acceptors (Lipinski definition) is 4. The van der Waals surface area contributed by atoms with Gasteiger partial charge in [0.15, 0.2) is 5.58 Å². The molecule has 0 saturated carbocycles. The SMILES string of the molecule is Cc1ccc(N2C(=O)c3ccc(-c4nc5cc(Cl)ccc5o4)cc3C2=O)cc1C. The molecule has 0 N–H and O–H groups in total. The predicted molar refractivity (Wildman–Crippen MR) is 112 cm³/mol. The van der Waals surface area contributed by atoms with Crippen LogP contribution in [0.2, 0.25) is 5.02 Å². The van der Waals surface area contributed by atoms with Crippen LogP contribution in [0.4, 0.5) is 5.69 Å². The number of hydrogen-bond donors (Lipinski definition) is 0. The molecule has 6 heteroatoms. The van der Waals surface area contributed by atoms with Gasteiger partial charge in [-0.3, -0.25) is 9.59 Å². The van der Waals surface area contributed by atoms with Crippen LogP contribution >= 0.6 is 11.6 Å². The Labute approximate surface area is 171 Å².